The van der Waals surface area contributed by atoms with Crippen molar-refractivity contribution in [3.8, 4) is 23.7 Å². The van der Waals surface area contributed by atoms with Gasteiger partial charge in [-0.1, -0.05) is 17.8 Å². The Kier molecular flexibility index (Phi) is 8.83. The molecule has 0 saturated heterocycles. The molecule has 60 valence electrons. The van der Waals surface area contributed by atoms with Gasteiger partial charge in [0.15, 0.2) is 0 Å². The SMILES string of the molecule is OCC#CCC#CCCCCl. The smallest absolute Gasteiger partial charge is 0.104 e. The Balaban J connectivity index is 3.25. The molecule has 0 aliphatic rings. The minimum Gasteiger partial charge on any atom is -0.384 e. The molecule has 0 aromatic heterocycles. The van der Waals surface area contributed by atoms with E-state index in [1.54, 1.807) is 0 Å². The molecular formula is C9H11ClO. The van der Waals surface area contributed by atoms with E-state index in [4.69, 9.17) is 16.7 Å². The van der Waals surface area contributed by atoms with Gasteiger partial charge in [0.05, 0.1) is 6.42 Å². The summed E-state index contributed by atoms with van der Waals surface area (Å²) in [6.45, 7) is -0.0800. The third-order valence-electron chi connectivity index (χ3n) is 0.941. The molecule has 1 nitrogen and oxygen atoms in total. The van der Waals surface area contributed by atoms with Crippen LogP contribution in [0.4, 0.5) is 0 Å². The largest absolute Gasteiger partial charge is 0.384 e. The number of hydrogen-bond acceptors (Lipinski definition) is 1. The highest BCUT2D eigenvalue weighted by atomic mass is 35.5. The number of rotatable bonds is 2. The average molecular weight is 171 g/mol. The number of unbranched alkanes of at least 4 members (excludes halogenated alkanes) is 1. The Morgan fingerprint density at radius 1 is 1.09 bits per heavy atom. The van der Waals surface area contributed by atoms with Gasteiger partial charge in [-0.2, -0.15) is 0 Å². The van der Waals surface area contributed by atoms with Crippen molar-refractivity contribution in [2.24, 2.45) is 0 Å². The first-order chi connectivity index (χ1) is 5.41. The molecule has 2 heteroatoms. The number of aliphatic hydroxyl groups excluding tert-OH is 1. The van der Waals surface area contributed by atoms with Gasteiger partial charge in [-0.3, -0.25) is 0 Å². The molecule has 0 aromatic carbocycles. The van der Waals surface area contributed by atoms with E-state index in [0.717, 1.165) is 12.8 Å². The molecule has 0 bridgehead atoms. The highest BCUT2D eigenvalue weighted by Crippen LogP contribution is 1.88. The standard InChI is InChI=1S/C9H11ClO/c10-8-6-4-2-1-3-5-7-9-11/h11H,3-4,6,8-9H2. The van der Waals surface area contributed by atoms with Gasteiger partial charge in [0.2, 0.25) is 0 Å². The van der Waals surface area contributed by atoms with Crippen LogP contribution in [0.3, 0.4) is 0 Å². The maximum absolute atomic E-state index is 8.27. The predicted octanol–water partition coefficient (Wildman–Crippen LogP) is 1.39. The van der Waals surface area contributed by atoms with Gasteiger partial charge in [-0.25, -0.2) is 0 Å². The molecule has 0 rings (SSSR count). The molecule has 0 aromatic rings. The summed E-state index contributed by atoms with van der Waals surface area (Å²) < 4.78 is 0. The Hall–Kier alpha value is -0.630. The van der Waals surface area contributed by atoms with Crippen LogP contribution in [-0.2, 0) is 0 Å². The molecule has 0 radical (unpaired) electrons. The Morgan fingerprint density at radius 2 is 1.82 bits per heavy atom. The fourth-order valence-corrected chi connectivity index (χ4v) is 0.602. The summed E-state index contributed by atoms with van der Waals surface area (Å²) in [7, 11) is 0. The van der Waals surface area contributed by atoms with Crippen molar-refractivity contribution in [1.29, 1.82) is 0 Å². The van der Waals surface area contributed by atoms with E-state index in [9.17, 15) is 0 Å². The van der Waals surface area contributed by atoms with Crippen molar-refractivity contribution in [3.05, 3.63) is 0 Å². The van der Waals surface area contributed by atoms with E-state index in [1.165, 1.54) is 0 Å². The first-order valence-corrected chi connectivity index (χ1v) is 4.03. The van der Waals surface area contributed by atoms with Crippen LogP contribution in [-0.4, -0.2) is 17.6 Å². The molecule has 0 heterocycles. The lowest BCUT2D eigenvalue weighted by molar-refractivity contribution is 0.350. The second-order valence-electron chi connectivity index (χ2n) is 1.83. The quantitative estimate of drug-likeness (QED) is 0.377. The van der Waals surface area contributed by atoms with Gasteiger partial charge in [-0.15, -0.1) is 17.5 Å². The van der Waals surface area contributed by atoms with Crippen LogP contribution in [0.15, 0.2) is 0 Å². The van der Waals surface area contributed by atoms with Crippen LogP contribution < -0.4 is 0 Å². The minimum atomic E-state index is -0.0800. The summed E-state index contributed by atoms with van der Waals surface area (Å²) in [5.41, 5.74) is 0. The fraction of sp³-hybridized carbons (Fsp3) is 0.556. The topological polar surface area (TPSA) is 20.2 Å². The van der Waals surface area contributed by atoms with E-state index >= 15 is 0 Å². The molecule has 0 unspecified atom stereocenters. The summed E-state index contributed by atoms with van der Waals surface area (Å²) in [5, 5.41) is 8.27. The van der Waals surface area contributed by atoms with Crippen LogP contribution >= 0.6 is 11.6 Å². The molecule has 0 spiro atoms. The maximum Gasteiger partial charge on any atom is 0.104 e. The zero-order chi connectivity index (χ0) is 8.36. The van der Waals surface area contributed by atoms with E-state index in [-0.39, 0.29) is 6.61 Å². The second-order valence-corrected chi connectivity index (χ2v) is 2.21. The average Bonchev–Trinajstić information content (AvgIpc) is 2.03. The van der Waals surface area contributed by atoms with E-state index < -0.39 is 0 Å². The van der Waals surface area contributed by atoms with Crippen molar-refractivity contribution < 1.29 is 5.11 Å². The van der Waals surface area contributed by atoms with Crippen LogP contribution in [0.5, 0.6) is 0 Å². The molecule has 11 heavy (non-hydrogen) atoms. The molecule has 0 saturated carbocycles. The monoisotopic (exact) mass is 170 g/mol. The van der Waals surface area contributed by atoms with Crippen molar-refractivity contribution in [3.63, 3.8) is 0 Å². The molecule has 1 N–H and O–H groups in total. The number of halogens is 1. The first kappa shape index (κ1) is 10.4. The highest BCUT2D eigenvalue weighted by molar-refractivity contribution is 6.17. The second kappa shape index (κ2) is 9.37. The Morgan fingerprint density at radius 3 is 2.45 bits per heavy atom. The Bertz CT molecular complexity index is 189. The summed E-state index contributed by atoms with van der Waals surface area (Å²) in [5.74, 6) is 11.7. The van der Waals surface area contributed by atoms with Gasteiger partial charge in [0.1, 0.15) is 6.61 Å². The number of hydrogen-bond donors (Lipinski definition) is 1. The van der Waals surface area contributed by atoms with E-state index in [0.29, 0.717) is 12.3 Å². The van der Waals surface area contributed by atoms with Crippen LogP contribution in [0.2, 0.25) is 0 Å². The van der Waals surface area contributed by atoms with Crippen LogP contribution in [0, 0.1) is 23.7 Å². The third-order valence-corrected chi connectivity index (χ3v) is 1.21. The van der Waals surface area contributed by atoms with Gasteiger partial charge < -0.3 is 5.11 Å². The highest BCUT2D eigenvalue weighted by Gasteiger charge is 1.76. The van der Waals surface area contributed by atoms with Crippen molar-refractivity contribution in [1.82, 2.24) is 0 Å². The zero-order valence-corrected chi connectivity index (χ0v) is 7.12. The zero-order valence-electron chi connectivity index (χ0n) is 6.36. The summed E-state index contributed by atoms with van der Waals surface area (Å²) in [6, 6.07) is 0. The normalized spacial score (nSPS) is 7.45. The maximum atomic E-state index is 8.27. The minimum absolute atomic E-state index is 0.0800. The number of alkyl halides is 1. The van der Waals surface area contributed by atoms with Crippen molar-refractivity contribution in [2.75, 3.05) is 12.5 Å². The lowest BCUT2D eigenvalue weighted by Gasteiger charge is -1.80. The van der Waals surface area contributed by atoms with Crippen molar-refractivity contribution in [2.45, 2.75) is 19.3 Å². The lowest BCUT2D eigenvalue weighted by Crippen LogP contribution is -1.72. The summed E-state index contributed by atoms with van der Waals surface area (Å²) >= 11 is 5.44. The molecule has 0 atom stereocenters. The molecule has 0 fully saturated rings. The molecule has 0 amide bonds. The van der Waals surface area contributed by atoms with Gasteiger partial charge in [0, 0.05) is 12.3 Å². The summed E-state index contributed by atoms with van der Waals surface area (Å²) in [4.78, 5) is 0. The molecule has 0 aliphatic heterocycles. The first-order valence-electron chi connectivity index (χ1n) is 3.50. The van der Waals surface area contributed by atoms with E-state index in [2.05, 4.69) is 23.7 Å². The fourth-order valence-electron chi connectivity index (χ4n) is 0.469. The van der Waals surface area contributed by atoms with Gasteiger partial charge in [-0.05, 0) is 6.42 Å². The number of aliphatic hydroxyl groups is 1. The van der Waals surface area contributed by atoms with Crippen LogP contribution in [0.25, 0.3) is 0 Å². The van der Waals surface area contributed by atoms with Gasteiger partial charge in [0.25, 0.3) is 0 Å². The molecule has 0 aliphatic carbocycles. The predicted molar refractivity (Wildman–Crippen MR) is 47.2 cm³/mol. The van der Waals surface area contributed by atoms with E-state index in [1.807, 2.05) is 0 Å². The lowest BCUT2D eigenvalue weighted by atomic mass is 10.3. The van der Waals surface area contributed by atoms with Crippen LogP contribution in [0.1, 0.15) is 19.3 Å². The molecular weight excluding hydrogens is 160 g/mol. The summed E-state index contributed by atoms with van der Waals surface area (Å²) in [6.07, 6.45) is 2.31. The third kappa shape index (κ3) is 9.37. The van der Waals surface area contributed by atoms with Gasteiger partial charge >= 0.3 is 0 Å². The van der Waals surface area contributed by atoms with Crippen molar-refractivity contribution >= 4 is 11.6 Å². The Labute approximate surface area is 72.8 Å².